The molecule has 31 heavy (non-hydrogen) atoms. The molecule has 2 aromatic rings. The minimum Gasteiger partial charge on any atom is -0.496 e. The van der Waals surface area contributed by atoms with Crippen LogP contribution >= 0.6 is 12.4 Å². The number of rotatable bonds is 4. The number of aromatic nitrogens is 1. The van der Waals surface area contributed by atoms with Crippen LogP contribution in [0.2, 0.25) is 0 Å². The summed E-state index contributed by atoms with van der Waals surface area (Å²) in [4.78, 5) is 40.0. The number of methoxy groups -OCH3 is 1. The zero-order chi connectivity index (χ0) is 21.1. The summed E-state index contributed by atoms with van der Waals surface area (Å²) in [7, 11) is 1.46. The van der Waals surface area contributed by atoms with Gasteiger partial charge in [0.05, 0.1) is 13.4 Å². The van der Waals surface area contributed by atoms with Crippen LogP contribution in [-0.4, -0.2) is 60.6 Å². The number of carbonyl (C=O) groups is 2. The molecule has 2 aromatic heterocycles. The minimum atomic E-state index is -0.283. The summed E-state index contributed by atoms with van der Waals surface area (Å²) < 4.78 is 12.2. The second-order valence-corrected chi connectivity index (χ2v) is 7.57. The highest BCUT2D eigenvalue weighted by Crippen LogP contribution is 2.23. The van der Waals surface area contributed by atoms with Gasteiger partial charge in [-0.25, -0.2) is 0 Å². The van der Waals surface area contributed by atoms with Crippen LogP contribution in [-0.2, 0) is 13.0 Å². The number of furan rings is 1. The molecule has 1 fully saturated rings. The highest BCUT2D eigenvalue weighted by Gasteiger charge is 2.29. The molecule has 1 unspecified atom stereocenters. The summed E-state index contributed by atoms with van der Waals surface area (Å²) in [5.74, 6) is 0.117. The average Bonchev–Trinajstić information content (AvgIpc) is 3.18. The molecule has 2 N–H and O–H groups in total. The Morgan fingerprint density at radius 3 is 2.87 bits per heavy atom. The topological polar surface area (TPSA) is 106 Å². The largest absolute Gasteiger partial charge is 0.496 e. The number of pyridine rings is 1. The molecule has 0 aliphatic carbocycles. The van der Waals surface area contributed by atoms with E-state index >= 15 is 0 Å². The molecule has 0 spiro atoms. The van der Waals surface area contributed by atoms with Crippen molar-refractivity contribution in [1.29, 1.82) is 0 Å². The molecule has 0 aromatic carbocycles. The Labute approximate surface area is 186 Å². The molecule has 0 saturated carbocycles. The van der Waals surface area contributed by atoms with E-state index in [9.17, 15) is 14.4 Å². The fourth-order valence-corrected chi connectivity index (χ4v) is 4.20. The first-order valence-corrected chi connectivity index (χ1v) is 10.2. The number of hydrogen-bond acceptors (Lipinski definition) is 6. The lowest BCUT2D eigenvalue weighted by Crippen LogP contribution is -2.50. The van der Waals surface area contributed by atoms with Gasteiger partial charge >= 0.3 is 0 Å². The van der Waals surface area contributed by atoms with E-state index in [2.05, 4.69) is 10.6 Å². The Morgan fingerprint density at radius 1 is 1.29 bits per heavy atom. The van der Waals surface area contributed by atoms with Crippen molar-refractivity contribution in [2.45, 2.75) is 31.8 Å². The van der Waals surface area contributed by atoms with Gasteiger partial charge in [0, 0.05) is 56.9 Å². The molecule has 2 aliphatic heterocycles. The van der Waals surface area contributed by atoms with E-state index in [4.69, 9.17) is 9.15 Å². The van der Waals surface area contributed by atoms with Crippen molar-refractivity contribution < 1.29 is 18.7 Å². The predicted molar refractivity (Wildman–Crippen MR) is 116 cm³/mol. The highest BCUT2D eigenvalue weighted by atomic mass is 35.5. The zero-order valence-corrected chi connectivity index (χ0v) is 18.2. The summed E-state index contributed by atoms with van der Waals surface area (Å²) in [6.07, 6.45) is 3.58. The van der Waals surface area contributed by atoms with Gasteiger partial charge in [-0.05, 0) is 25.0 Å². The number of piperidine rings is 1. The normalized spacial score (nSPS) is 18.4. The van der Waals surface area contributed by atoms with Gasteiger partial charge in [0.1, 0.15) is 11.3 Å². The van der Waals surface area contributed by atoms with Gasteiger partial charge in [0.2, 0.25) is 0 Å². The van der Waals surface area contributed by atoms with Gasteiger partial charge in [-0.2, -0.15) is 0 Å². The molecular formula is C21H27ClN4O5. The monoisotopic (exact) mass is 450 g/mol. The number of carbonyl (C=O) groups excluding carboxylic acids is 2. The second-order valence-electron chi connectivity index (χ2n) is 7.57. The van der Waals surface area contributed by atoms with Gasteiger partial charge < -0.3 is 29.3 Å². The fourth-order valence-electron chi connectivity index (χ4n) is 4.20. The van der Waals surface area contributed by atoms with Crippen LogP contribution in [0.25, 0.3) is 0 Å². The first-order valence-electron chi connectivity index (χ1n) is 10.2. The third-order valence-corrected chi connectivity index (χ3v) is 5.65. The van der Waals surface area contributed by atoms with E-state index in [1.807, 2.05) is 0 Å². The second kappa shape index (κ2) is 10.0. The first kappa shape index (κ1) is 22.9. The fraction of sp³-hybridized carbons (Fsp3) is 0.476. The van der Waals surface area contributed by atoms with Crippen molar-refractivity contribution in [2.24, 2.45) is 0 Å². The van der Waals surface area contributed by atoms with Crippen LogP contribution in [0.1, 0.15) is 39.4 Å². The third-order valence-electron chi connectivity index (χ3n) is 5.65. The summed E-state index contributed by atoms with van der Waals surface area (Å²) in [5.41, 5.74) is 0.909. The van der Waals surface area contributed by atoms with Crippen molar-refractivity contribution in [1.82, 2.24) is 20.1 Å². The molecule has 9 nitrogen and oxygen atoms in total. The Kier molecular flexibility index (Phi) is 7.40. The van der Waals surface area contributed by atoms with Gasteiger partial charge in [-0.1, -0.05) is 0 Å². The molecule has 4 rings (SSSR count). The number of nitrogens with zero attached hydrogens (tertiary/aromatic N) is 2. The lowest BCUT2D eigenvalue weighted by Gasteiger charge is -2.33. The molecule has 10 heteroatoms. The van der Waals surface area contributed by atoms with E-state index in [-0.39, 0.29) is 41.6 Å². The van der Waals surface area contributed by atoms with E-state index < -0.39 is 0 Å². The Hall–Kier alpha value is -2.78. The molecule has 168 valence electrons. The van der Waals surface area contributed by atoms with Crippen LogP contribution in [0.15, 0.2) is 33.7 Å². The number of amides is 2. The average molecular weight is 451 g/mol. The Bertz CT molecular complexity index is 988. The van der Waals surface area contributed by atoms with Crippen LogP contribution < -0.4 is 20.9 Å². The maximum Gasteiger partial charge on any atom is 0.289 e. The summed E-state index contributed by atoms with van der Waals surface area (Å²) in [6, 6.07) is 4.50. The molecule has 1 saturated heterocycles. The molecule has 0 radical (unpaired) electrons. The number of halogens is 1. The maximum atomic E-state index is 13.2. The van der Waals surface area contributed by atoms with Crippen molar-refractivity contribution in [3.05, 3.63) is 51.8 Å². The smallest absolute Gasteiger partial charge is 0.289 e. The van der Waals surface area contributed by atoms with Crippen LogP contribution in [0.4, 0.5) is 0 Å². The van der Waals surface area contributed by atoms with Gasteiger partial charge in [0.15, 0.2) is 5.76 Å². The van der Waals surface area contributed by atoms with Crippen molar-refractivity contribution in [3.63, 3.8) is 0 Å². The summed E-state index contributed by atoms with van der Waals surface area (Å²) in [5, 5.41) is 6.30. The lowest BCUT2D eigenvalue weighted by atomic mass is 10.0. The molecule has 2 aliphatic rings. The van der Waals surface area contributed by atoms with Gasteiger partial charge in [-0.3, -0.25) is 14.4 Å². The van der Waals surface area contributed by atoms with E-state index in [0.29, 0.717) is 56.2 Å². The zero-order valence-electron chi connectivity index (χ0n) is 17.4. The van der Waals surface area contributed by atoms with E-state index in [0.717, 1.165) is 12.8 Å². The van der Waals surface area contributed by atoms with Crippen LogP contribution in [0.5, 0.6) is 5.75 Å². The van der Waals surface area contributed by atoms with E-state index in [1.54, 1.807) is 21.6 Å². The lowest BCUT2D eigenvalue weighted by molar-refractivity contribution is 0.0646. The molecule has 4 heterocycles. The summed E-state index contributed by atoms with van der Waals surface area (Å²) >= 11 is 0. The standard InChI is InChI=1S/C21H26N4O5.ClH/c1-29-17-12-18(26)25-10-8-22-7-6-15(25)19(17)20(27)23-14-4-2-9-24(13-14)21(28)16-5-3-11-30-16;/h3,5,11-12,14,22H,2,4,6-10,13H2,1H3,(H,23,27);1H. The van der Waals surface area contributed by atoms with Crippen LogP contribution in [0.3, 0.4) is 0 Å². The number of fused-ring (bicyclic) bond motifs is 1. The first-order chi connectivity index (χ1) is 14.6. The highest BCUT2D eigenvalue weighted by molar-refractivity contribution is 5.98. The van der Waals surface area contributed by atoms with Crippen molar-refractivity contribution in [3.8, 4) is 5.75 Å². The quantitative estimate of drug-likeness (QED) is 0.721. The third kappa shape index (κ3) is 4.77. The number of hydrogen-bond donors (Lipinski definition) is 2. The van der Waals surface area contributed by atoms with Crippen molar-refractivity contribution in [2.75, 3.05) is 33.3 Å². The molecule has 2 amide bonds. The predicted octanol–water partition coefficient (Wildman–Crippen LogP) is 1.05. The van der Waals surface area contributed by atoms with Crippen molar-refractivity contribution >= 4 is 24.2 Å². The summed E-state index contributed by atoms with van der Waals surface area (Å²) in [6.45, 7) is 2.89. The van der Waals surface area contributed by atoms with Crippen LogP contribution in [0, 0.1) is 0 Å². The minimum absolute atomic E-state index is 0. The SMILES string of the molecule is COc1cc(=O)n2c(c1C(=O)NC1CCCN(C(=O)c3ccco3)C1)CCNCC2.Cl. The Morgan fingerprint density at radius 2 is 2.13 bits per heavy atom. The Balaban J connectivity index is 0.00000272. The van der Waals surface area contributed by atoms with Gasteiger partial charge in [-0.15, -0.1) is 12.4 Å². The molecular weight excluding hydrogens is 424 g/mol. The number of ether oxygens (including phenoxy) is 1. The molecule has 0 bridgehead atoms. The maximum absolute atomic E-state index is 13.2. The number of likely N-dealkylation sites (tertiary alicyclic amines) is 1. The van der Waals surface area contributed by atoms with E-state index in [1.165, 1.54) is 19.4 Å². The number of nitrogens with one attached hydrogen (secondary N) is 2. The molecule has 1 atom stereocenters. The van der Waals surface area contributed by atoms with Gasteiger partial charge in [0.25, 0.3) is 17.4 Å².